The molecule has 0 aromatic heterocycles. The summed E-state index contributed by atoms with van der Waals surface area (Å²) in [5.74, 6) is 0. The van der Waals surface area contributed by atoms with Crippen LogP contribution in [0, 0.1) is 0 Å². The molecule has 1 N–H and O–H groups in total. The summed E-state index contributed by atoms with van der Waals surface area (Å²) in [6.45, 7) is 5.43. The molecule has 0 fully saturated rings. The summed E-state index contributed by atoms with van der Waals surface area (Å²) >= 11 is 0. The van der Waals surface area contributed by atoms with E-state index in [1.165, 1.54) is 11.1 Å². The molecule has 1 aromatic carbocycles. The maximum atomic E-state index is 3.36. The van der Waals surface area contributed by atoms with Crippen molar-refractivity contribution in [3.05, 3.63) is 47.5 Å². The molecule has 16 heavy (non-hydrogen) atoms. The van der Waals surface area contributed by atoms with Gasteiger partial charge in [0.05, 0.1) is 0 Å². The average Bonchev–Trinajstić information content (AvgIpc) is 2.33. The second kappa shape index (κ2) is 5.28. The first-order chi connectivity index (χ1) is 7.79. The van der Waals surface area contributed by atoms with E-state index in [1.54, 1.807) is 0 Å². The highest BCUT2D eigenvalue weighted by molar-refractivity contribution is 5.17. The number of hydrogen-bond acceptors (Lipinski definition) is 2. The second-order valence-electron chi connectivity index (χ2n) is 4.47. The van der Waals surface area contributed by atoms with Crippen LogP contribution in [0.5, 0.6) is 0 Å². The number of hydrogen-bond donors (Lipinski definition) is 1. The van der Waals surface area contributed by atoms with Gasteiger partial charge in [0.15, 0.2) is 0 Å². The summed E-state index contributed by atoms with van der Waals surface area (Å²) in [4.78, 5) is 2.48. The Kier molecular flexibility index (Phi) is 3.75. The van der Waals surface area contributed by atoms with Gasteiger partial charge in [-0.1, -0.05) is 42.0 Å². The van der Waals surface area contributed by atoms with Gasteiger partial charge in [-0.25, -0.2) is 0 Å². The van der Waals surface area contributed by atoms with Gasteiger partial charge in [-0.15, -0.1) is 0 Å². The zero-order chi connectivity index (χ0) is 11.4. The van der Waals surface area contributed by atoms with Crippen LogP contribution in [0.4, 0.5) is 0 Å². The fourth-order valence-electron chi connectivity index (χ4n) is 2.18. The van der Waals surface area contributed by atoms with Gasteiger partial charge in [-0.05, 0) is 19.5 Å². The molecular weight excluding hydrogens is 196 g/mol. The lowest BCUT2D eigenvalue weighted by Gasteiger charge is -2.31. The van der Waals surface area contributed by atoms with Crippen LogP contribution in [0.2, 0.25) is 0 Å². The lowest BCUT2D eigenvalue weighted by Crippen LogP contribution is -2.43. The third-order valence-electron chi connectivity index (χ3n) is 3.26. The van der Waals surface area contributed by atoms with Crippen molar-refractivity contribution < 1.29 is 0 Å². The smallest absolute Gasteiger partial charge is 0.0404 e. The molecule has 1 heterocycles. The van der Waals surface area contributed by atoms with E-state index in [-0.39, 0.29) is 0 Å². The molecule has 2 nitrogen and oxygen atoms in total. The lowest BCUT2D eigenvalue weighted by molar-refractivity contribution is 0.258. The molecule has 0 aliphatic carbocycles. The first kappa shape index (κ1) is 11.4. The van der Waals surface area contributed by atoms with Gasteiger partial charge >= 0.3 is 0 Å². The molecule has 0 amide bonds. The molecule has 0 radical (unpaired) electrons. The molecular formula is C14H20N2. The van der Waals surface area contributed by atoms with Gasteiger partial charge in [0.25, 0.3) is 0 Å². The molecule has 1 aliphatic rings. The zero-order valence-corrected chi connectivity index (χ0v) is 10.1. The maximum absolute atomic E-state index is 3.36. The Balaban J connectivity index is 1.98. The minimum atomic E-state index is 0.512. The van der Waals surface area contributed by atoms with Crippen molar-refractivity contribution in [3.63, 3.8) is 0 Å². The van der Waals surface area contributed by atoms with Crippen molar-refractivity contribution in [1.29, 1.82) is 0 Å². The van der Waals surface area contributed by atoms with Gasteiger partial charge in [0, 0.05) is 25.7 Å². The third-order valence-corrected chi connectivity index (χ3v) is 3.26. The van der Waals surface area contributed by atoms with Crippen LogP contribution >= 0.6 is 0 Å². The largest absolute Gasteiger partial charge is 0.312 e. The van der Waals surface area contributed by atoms with E-state index in [4.69, 9.17) is 0 Å². The maximum Gasteiger partial charge on any atom is 0.0404 e. The summed E-state index contributed by atoms with van der Waals surface area (Å²) in [6, 6.07) is 11.2. The van der Waals surface area contributed by atoms with Crippen LogP contribution in [-0.2, 0) is 6.54 Å². The minimum Gasteiger partial charge on any atom is -0.312 e. The quantitative estimate of drug-likeness (QED) is 0.778. The minimum absolute atomic E-state index is 0.512. The standard InChI is InChI=1S/C14H20N2/c1-12-8-9-16(11-14(12)15-2)10-13-6-4-3-5-7-13/h3-8,14-15H,9-11H2,1-2H3. The van der Waals surface area contributed by atoms with Crippen LogP contribution in [-0.4, -0.2) is 31.1 Å². The second-order valence-corrected chi connectivity index (χ2v) is 4.47. The Hall–Kier alpha value is -1.12. The molecule has 1 atom stereocenters. The molecule has 1 aromatic rings. The monoisotopic (exact) mass is 216 g/mol. The summed E-state index contributed by atoms with van der Waals surface area (Å²) in [7, 11) is 2.04. The van der Waals surface area contributed by atoms with Crippen LogP contribution in [0.15, 0.2) is 42.0 Å². The summed E-state index contributed by atoms with van der Waals surface area (Å²) in [5.41, 5.74) is 2.86. The molecule has 0 saturated heterocycles. The highest BCUT2D eigenvalue weighted by atomic mass is 15.2. The lowest BCUT2D eigenvalue weighted by atomic mass is 10.0. The van der Waals surface area contributed by atoms with E-state index < -0.39 is 0 Å². The van der Waals surface area contributed by atoms with Crippen LogP contribution < -0.4 is 5.32 Å². The average molecular weight is 216 g/mol. The first-order valence-corrected chi connectivity index (χ1v) is 5.90. The molecule has 2 rings (SSSR count). The van der Waals surface area contributed by atoms with Crippen molar-refractivity contribution in [2.75, 3.05) is 20.1 Å². The summed E-state index contributed by atoms with van der Waals surface area (Å²) in [5, 5.41) is 3.36. The molecule has 2 heteroatoms. The Labute approximate surface area is 98.0 Å². The zero-order valence-electron chi connectivity index (χ0n) is 10.1. The van der Waals surface area contributed by atoms with Gasteiger partial charge in [0.1, 0.15) is 0 Å². The normalized spacial score (nSPS) is 21.9. The van der Waals surface area contributed by atoms with Gasteiger partial charge in [-0.3, -0.25) is 4.90 Å². The SMILES string of the molecule is CNC1CN(Cc2ccccc2)CC=C1C. The predicted octanol–water partition coefficient (Wildman–Crippen LogP) is 2.04. The van der Waals surface area contributed by atoms with Crippen molar-refractivity contribution in [2.45, 2.75) is 19.5 Å². The Morgan fingerprint density at radius 2 is 2.06 bits per heavy atom. The molecule has 0 spiro atoms. The molecule has 1 unspecified atom stereocenters. The van der Waals surface area contributed by atoms with Crippen LogP contribution in [0.1, 0.15) is 12.5 Å². The van der Waals surface area contributed by atoms with E-state index in [0.717, 1.165) is 19.6 Å². The highest BCUT2D eigenvalue weighted by Gasteiger charge is 2.18. The number of likely N-dealkylation sites (N-methyl/N-ethyl adjacent to an activating group) is 1. The Bertz CT molecular complexity index is 356. The number of rotatable bonds is 3. The van der Waals surface area contributed by atoms with E-state index in [0.29, 0.717) is 6.04 Å². The topological polar surface area (TPSA) is 15.3 Å². The Morgan fingerprint density at radius 3 is 2.75 bits per heavy atom. The van der Waals surface area contributed by atoms with Crippen molar-refractivity contribution in [1.82, 2.24) is 10.2 Å². The van der Waals surface area contributed by atoms with Gasteiger partial charge in [0.2, 0.25) is 0 Å². The number of nitrogens with one attached hydrogen (secondary N) is 1. The molecule has 0 saturated carbocycles. The van der Waals surface area contributed by atoms with Crippen molar-refractivity contribution in [3.8, 4) is 0 Å². The van der Waals surface area contributed by atoms with Gasteiger partial charge in [-0.2, -0.15) is 0 Å². The summed E-state index contributed by atoms with van der Waals surface area (Å²) < 4.78 is 0. The predicted molar refractivity (Wildman–Crippen MR) is 68.3 cm³/mol. The third kappa shape index (κ3) is 2.71. The fourth-order valence-corrected chi connectivity index (χ4v) is 2.18. The van der Waals surface area contributed by atoms with Crippen LogP contribution in [0.3, 0.4) is 0 Å². The van der Waals surface area contributed by atoms with E-state index in [9.17, 15) is 0 Å². The van der Waals surface area contributed by atoms with Gasteiger partial charge < -0.3 is 5.32 Å². The van der Waals surface area contributed by atoms with Crippen molar-refractivity contribution in [2.24, 2.45) is 0 Å². The molecule has 1 aliphatic heterocycles. The van der Waals surface area contributed by atoms with Crippen LogP contribution in [0.25, 0.3) is 0 Å². The van der Waals surface area contributed by atoms with Crippen molar-refractivity contribution >= 4 is 0 Å². The fraction of sp³-hybridized carbons (Fsp3) is 0.429. The van der Waals surface area contributed by atoms with E-state index >= 15 is 0 Å². The van der Waals surface area contributed by atoms with E-state index in [1.807, 2.05) is 7.05 Å². The summed E-state index contributed by atoms with van der Waals surface area (Å²) in [6.07, 6.45) is 2.33. The Morgan fingerprint density at radius 1 is 1.31 bits per heavy atom. The molecule has 86 valence electrons. The molecule has 0 bridgehead atoms. The highest BCUT2D eigenvalue weighted by Crippen LogP contribution is 2.13. The number of benzene rings is 1. The number of nitrogens with zero attached hydrogens (tertiary/aromatic N) is 1. The van der Waals surface area contributed by atoms with E-state index in [2.05, 4.69) is 53.5 Å². The first-order valence-electron chi connectivity index (χ1n) is 5.90.